The van der Waals surface area contributed by atoms with E-state index in [0.717, 1.165) is 10.6 Å². The van der Waals surface area contributed by atoms with Gasteiger partial charge in [-0.3, -0.25) is 9.59 Å². The average Bonchev–Trinajstić information content (AvgIpc) is 2.67. The Morgan fingerprint density at radius 1 is 0.882 bits per heavy atom. The predicted molar refractivity (Wildman–Crippen MR) is 125 cm³/mol. The largest absolute Gasteiger partial charge is 0.461 e. The molecular formula is C24H37N3O7. The lowest BCUT2D eigenvalue weighted by Crippen LogP contribution is -2.53. The zero-order chi connectivity index (χ0) is 25.9. The first-order valence-electron chi connectivity index (χ1n) is 11.1. The van der Waals surface area contributed by atoms with Gasteiger partial charge in [-0.2, -0.15) is 0 Å². The molecule has 0 spiro atoms. The topological polar surface area (TPSA) is 123 Å². The Morgan fingerprint density at radius 2 is 1.44 bits per heavy atom. The number of hydrogen-bond donors (Lipinski definition) is 2. The Morgan fingerprint density at radius 3 is 2.00 bits per heavy atom. The average molecular weight is 480 g/mol. The second kappa shape index (κ2) is 12.8. The van der Waals surface area contributed by atoms with Crippen LogP contribution >= 0.6 is 0 Å². The predicted octanol–water partition coefficient (Wildman–Crippen LogP) is 3.69. The van der Waals surface area contributed by atoms with Gasteiger partial charge in [0.1, 0.15) is 17.8 Å². The molecule has 1 rings (SSSR count). The number of hydrazine groups is 1. The SMILES string of the molecule is CC(CN(NC(=O)OC(C)(C)C)C(=O)CCC(=O)OCc1ccccc1)NC(=O)OC(C)(C)C. The first-order valence-corrected chi connectivity index (χ1v) is 11.1. The smallest absolute Gasteiger partial charge is 0.426 e. The minimum Gasteiger partial charge on any atom is -0.461 e. The number of ether oxygens (including phenoxy) is 3. The minimum absolute atomic E-state index is 0.0730. The van der Waals surface area contributed by atoms with E-state index < -0.39 is 41.3 Å². The fourth-order valence-corrected chi connectivity index (χ4v) is 2.60. The summed E-state index contributed by atoms with van der Waals surface area (Å²) in [6.45, 7) is 11.9. The van der Waals surface area contributed by atoms with Crippen LogP contribution in [0.2, 0.25) is 0 Å². The summed E-state index contributed by atoms with van der Waals surface area (Å²) >= 11 is 0. The van der Waals surface area contributed by atoms with Crippen LogP contribution in [0.5, 0.6) is 0 Å². The molecule has 2 N–H and O–H groups in total. The molecule has 1 unspecified atom stereocenters. The molecule has 0 aromatic heterocycles. The Kier molecular flexibility index (Phi) is 10.8. The number of hydrogen-bond acceptors (Lipinski definition) is 7. The molecule has 1 aromatic rings. The van der Waals surface area contributed by atoms with E-state index in [1.165, 1.54) is 0 Å². The first kappa shape index (κ1) is 28.7. The van der Waals surface area contributed by atoms with Crippen LogP contribution in [0.15, 0.2) is 30.3 Å². The second-order valence-electron chi connectivity index (χ2n) is 9.81. The molecule has 10 heteroatoms. The molecule has 0 aliphatic carbocycles. The summed E-state index contributed by atoms with van der Waals surface area (Å²) in [5, 5.41) is 3.62. The number of esters is 1. The standard InChI is InChI=1S/C24H37N3O7/c1-17(25-21(30)33-23(2,3)4)15-27(26-22(31)34-24(5,6)7)19(28)13-14-20(29)32-16-18-11-9-8-10-12-18/h8-12,17H,13-16H2,1-7H3,(H,25,30)(H,26,31). The van der Waals surface area contributed by atoms with E-state index in [0.29, 0.717) is 0 Å². The number of carbonyl (C=O) groups excluding carboxylic acids is 4. The number of alkyl carbamates (subject to hydrolysis) is 1. The molecule has 0 saturated heterocycles. The van der Waals surface area contributed by atoms with E-state index in [-0.39, 0.29) is 26.0 Å². The van der Waals surface area contributed by atoms with Gasteiger partial charge in [0.05, 0.1) is 13.0 Å². The third-order valence-electron chi connectivity index (χ3n) is 3.93. The second-order valence-corrected chi connectivity index (χ2v) is 9.81. The van der Waals surface area contributed by atoms with Crippen LogP contribution < -0.4 is 10.7 Å². The Balaban J connectivity index is 2.70. The van der Waals surface area contributed by atoms with Crippen LogP contribution in [-0.4, -0.2) is 52.9 Å². The highest BCUT2D eigenvalue weighted by Gasteiger charge is 2.25. The van der Waals surface area contributed by atoms with E-state index >= 15 is 0 Å². The summed E-state index contributed by atoms with van der Waals surface area (Å²) in [5.41, 5.74) is 1.75. The van der Waals surface area contributed by atoms with Crippen LogP contribution in [0.3, 0.4) is 0 Å². The highest BCUT2D eigenvalue weighted by atomic mass is 16.6. The zero-order valence-electron chi connectivity index (χ0n) is 21.1. The molecule has 0 aliphatic rings. The van der Waals surface area contributed by atoms with Crippen molar-refractivity contribution in [3.05, 3.63) is 35.9 Å². The van der Waals surface area contributed by atoms with Crippen molar-refractivity contribution in [3.8, 4) is 0 Å². The lowest BCUT2D eigenvalue weighted by Gasteiger charge is -2.29. The van der Waals surface area contributed by atoms with Crippen molar-refractivity contribution < 1.29 is 33.4 Å². The molecule has 190 valence electrons. The summed E-state index contributed by atoms with van der Waals surface area (Å²) in [6.07, 6.45) is -1.87. The summed E-state index contributed by atoms with van der Waals surface area (Å²) < 4.78 is 15.6. The first-order chi connectivity index (χ1) is 15.6. The number of benzene rings is 1. The number of rotatable bonds is 8. The minimum atomic E-state index is -0.836. The van der Waals surface area contributed by atoms with Crippen LogP contribution in [0.4, 0.5) is 9.59 Å². The van der Waals surface area contributed by atoms with Gasteiger partial charge in [-0.05, 0) is 54.0 Å². The van der Waals surface area contributed by atoms with Crippen molar-refractivity contribution in [2.24, 2.45) is 0 Å². The summed E-state index contributed by atoms with van der Waals surface area (Å²) in [6, 6.07) is 8.60. The molecule has 10 nitrogen and oxygen atoms in total. The fourth-order valence-electron chi connectivity index (χ4n) is 2.60. The Labute approximate surface area is 201 Å². The van der Waals surface area contributed by atoms with Gasteiger partial charge in [0.25, 0.3) is 0 Å². The van der Waals surface area contributed by atoms with Crippen LogP contribution in [0, 0.1) is 0 Å². The zero-order valence-corrected chi connectivity index (χ0v) is 21.1. The fraction of sp³-hybridized carbons (Fsp3) is 0.583. The van der Waals surface area contributed by atoms with E-state index in [4.69, 9.17) is 14.2 Å². The highest BCUT2D eigenvalue weighted by molar-refractivity contribution is 5.83. The highest BCUT2D eigenvalue weighted by Crippen LogP contribution is 2.09. The molecule has 0 bridgehead atoms. The van der Waals surface area contributed by atoms with Crippen molar-refractivity contribution in [3.63, 3.8) is 0 Å². The van der Waals surface area contributed by atoms with Crippen molar-refractivity contribution in [1.29, 1.82) is 0 Å². The van der Waals surface area contributed by atoms with E-state index in [9.17, 15) is 19.2 Å². The molecule has 34 heavy (non-hydrogen) atoms. The van der Waals surface area contributed by atoms with Gasteiger partial charge in [0.2, 0.25) is 5.91 Å². The van der Waals surface area contributed by atoms with Crippen molar-refractivity contribution in [1.82, 2.24) is 15.8 Å². The Bertz CT molecular complexity index is 829. The monoisotopic (exact) mass is 479 g/mol. The van der Waals surface area contributed by atoms with Gasteiger partial charge in [0, 0.05) is 12.5 Å². The van der Waals surface area contributed by atoms with E-state index in [1.54, 1.807) is 48.5 Å². The van der Waals surface area contributed by atoms with E-state index in [1.807, 2.05) is 30.3 Å². The normalized spacial score (nSPS) is 12.2. The number of nitrogens with zero attached hydrogens (tertiary/aromatic N) is 1. The third-order valence-corrected chi connectivity index (χ3v) is 3.93. The maximum absolute atomic E-state index is 12.8. The Hall–Kier alpha value is -3.30. The molecule has 0 saturated carbocycles. The van der Waals surface area contributed by atoms with Gasteiger partial charge < -0.3 is 19.5 Å². The van der Waals surface area contributed by atoms with Crippen molar-refractivity contribution >= 4 is 24.1 Å². The van der Waals surface area contributed by atoms with Crippen LogP contribution in [-0.2, 0) is 30.4 Å². The number of amides is 3. The van der Waals surface area contributed by atoms with Crippen molar-refractivity contribution in [2.75, 3.05) is 6.54 Å². The third kappa shape index (κ3) is 13.3. The van der Waals surface area contributed by atoms with Gasteiger partial charge >= 0.3 is 18.2 Å². The van der Waals surface area contributed by atoms with Crippen LogP contribution in [0.1, 0.15) is 66.9 Å². The van der Waals surface area contributed by atoms with E-state index in [2.05, 4.69) is 10.7 Å². The molecular weight excluding hydrogens is 442 g/mol. The molecule has 1 atom stereocenters. The number of nitrogens with one attached hydrogen (secondary N) is 2. The maximum Gasteiger partial charge on any atom is 0.426 e. The van der Waals surface area contributed by atoms with Gasteiger partial charge in [-0.1, -0.05) is 30.3 Å². The molecule has 0 heterocycles. The van der Waals surface area contributed by atoms with Gasteiger partial charge in [0.15, 0.2) is 0 Å². The lowest BCUT2D eigenvalue weighted by molar-refractivity contribution is -0.147. The molecule has 0 fully saturated rings. The molecule has 0 radical (unpaired) electrons. The quantitative estimate of drug-likeness (QED) is 0.331. The molecule has 0 aliphatic heterocycles. The van der Waals surface area contributed by atoms with Gasteiger partial charge in [-0.15, -0.1) is 0 Å². The molecule has 1 aromatic carbocycles. The van der Waals surface area contributed by atoms with Crippen LogP contribution in [0.25, 0.3) is 0 Å². The summed E-state index contributed by atoms with van der Waals surface area (Å²) in [5.74, 6) is -1.09. The van der Waals surface area contributed by atoms with Crippen molar-refractivity contribution in [2.45, 2.75) is 85.2 Å². The maximum atomic E-state index is 12.8. The lowest BCUT2D eigenvalue weighted by atomic mass is 10.2. The summed E-state index contributed by atoms with van der Waals surface area (Å²) in [4.78, 5) is 49.1. The number of carbonyl (C=O) groups is 4. The molecule has 3 amide bonds. The van der Waals surface area contributed by atoms with Gasteiger partial charge in [-0.25, -0.2) is 20.0 Å². The summed E-state index contributed by atoms with van der Waals surface area (Å²) in [7, 11) is 0.